The van der Waals surface area contributed by atoms with E-state index in [4.69, 9.17) is 14.5 Å². The van der Waals surface area contributed by atoms with E-state index in [-0.39, 0.29) is 42.1 Å². The fraction of sp³-hybridized carbons (Fsp3) is 0.900. The highest BCUT2D eigenvalue weighted by atomic mass is 127. The molecule has 7 nitrogen and oxygen atoms in total. The maximum absolute atomic E-state index is 12.5. The summed E-state index contributed by atoms with van der Waals surface area (Å²) in [5, 5.41) is 3.38. The summed E-state index contributed by atoms with van der Waals surface area (Å²) in [4.78, 5) is 21.6. The van der Waals surface area contributed by atoms with Gasteiger partial charge in [-0.05, 0) is 46.0 Å². The number of guanidine groups is 1. The number of nitrogens with one attached hydrogen (secondary N) is 1. The Morgan fingerprint density at radius 1 is 1.11 bits per heavy atom. The van der Waals surface area contributed by atoms with Gasteiger partial charge in [-0.15, -0.1) is 24.0 Å². The van der Waals surface area contributed by atoms with Crippen molar-refractivity contribution in [2.45, 2.75) is 70.6 Å². The van der Waals surface area contributed by atoms with Gasteiger partial charge in [-0.1, -0.05) is 0 Å². The van der Waals surface area contributed by atoms with Crippen LogP contribution in [0.25, 0.3) is 0 Å². The Balaban J connectivity index is 0.00000280. The van der Waals surface area contributed by atoms with E-state index in [2.05, 4.69) is 24.1 Å². The van der Waals surface area contributed by atoms with Crippen molar-refractivity contribution in [1.82, 2.24) is 15.1 Å². The molecule has 0 radical (unpaired) electrons. The number of carbonyl (C=O) groups excluding carboxylic acids is 1. The van der Waals surface area contributed by atoms with E-state index in [1.807, 2.05) is 4.90 Å². The Hall–Kier alpha value is -0.610. The Morgan fingerprint density at radius 3 is 2.64 bits per heavy atom. The van der Waals surface area contributed by atoms with Crippen molar-refractivity contribution in [3.05, 3.63) is 0 Å². The predicted molar refractivity (Wildman–Crippen MR) is 121 cm³/mol. The number of hydrogen-bond acceptors (Lipinski definition) is 4. The molecule has 0 spiro atoms. The number of carbonyl (C=O) groups is 1. The van der Waals surface area contributed by atoms with Crippen LogP contribution in [-0.2, 0) is 14.3 Å². The van der Waals surface area contributed by atoms with E-state index in [1.165, 1.54) is 6.42 Å². The first-order valence-electron chi connectivity index (χ1n) is 10.7. The molecule has 3 atom stereocenters. The van der Waals surface area contributed by atoms with Crippen LogP contribution >= 0.6 is 24.0 Å². The third-order valence-corrected chi connectivity index (χ3v) is 5.82. The molecule has 1 amide bonds. The number of aliphatic imine (C=N–C) groups is 1. The normalized spacial score (nSPS) is 28.8. The van der Waals surface area contributed by atoms with Crippen molar-refractivity contribution in [1.29, 1.82) is 0 Å². The van der Waals surface area contributed by atoms with Crippen LogP contribution in [0.4, 0.5) is 0 Å². The number of halogens is 1. The highest BCUT2D eigenvalue weighted by Gasteiger charge is 2.32. The van der Waals surface area contributed by atoms with Gasteiger partial charge in [-0.25, -0.2) is 0 Å². The van der Waals surface area contributed by atoms with Gasteiger partial charge in [0, 0.05) is 45.2 Å². The molecule has 0 aromatic rings. The lowest BCUT2D eigenvalue weighted by molar-refractivity contribution is -0.134. The SMILES string of the molecule is CCNC(=NCCC(=O)N1CCCCC1C)N1CCOC(C2CCCO2)C1.I. The molecule has 0 aromatic carbocycles. The van der Waals surface area contributed by atoms with Crippen LogP contribution in [-0.4, -0.2) is 85.9 Å². The monoisotopic (exact) mass is 508 g/mol. The first kappa shape index (κ1) is 23.7. The van der Waals surface area contributed by atoms with Crippen LogP contribution in [0, 0.1) is 0 Å². The summed E-state index contributed by atoms with van der Waals surface area (Å²) in [6, 6.07) is 0.370. The van der Waals surface area contributed by atoms with Crippen LogP contribution < -0.4 is 5.32 Å². The van der Waals surface area contributed by atoms with Crippen molar-refractivity contribution >= 4 is 35.8 Å². The van der Waals surface area contributed by atoms with Crippen LogP contribution in [0.1, 0.15) is 52.4 Å². The van der Waals surface area contributed by atoms with Crippen molar-refractivity contribution in [3.8, 4) is 0 Å². The summed E-state index contributed by atoms with van der Waals surface area (Å²) >= 11 is 0. The third kappa shape index (κ3) is 6.45. The lowest BCUT2D eigenvalue weighted by atomic mass is 10.0. The molecule has 162 valence electrons. The highest BCUT2D eigenvalue weighted by Crippen LogP contribution is 2.21. The Morgan fingerprint density at radius 2 is 1.93 bits per heavy atom. The van der Waals surface area contributed by atoms with Gasteiger partial charge in [-0.2, -0.15) is 0 Å². The Labute approximate surface area is 186 Å². The zero-order chi connectivity index (χ0) is 19.1. The first-order valence-corrected chi connectivity index (χ1v) is 10.7. The van der Waals surface area contributed by atoms with Crippen molar-refractivity contribution < 1.29 is 14.3 Å². The number of piperidine rings is 1. The van der Waals surface area contributed by atoms with Gasteiger partial charge < -0.3 is 24.6 Å². The van der Waals surface area contributed by atoms with E-state index in [0.29, 0.717) is 25.6 Å². The van der Waals surface area contributed by atoms with Gasteiger partial charge in [0.2, 0.25) is 5.91 Å². The second-order valence-electron chi connectivity index (χ2n) is 7.82. The summed E-state index contributed by atoms with van der Waals surface area (Å²) in [5.41, 5.74) is 0. The smallest absolute Gasteiger partial charge is 0.224 e. The minimum absolute atomic E-state index is 0. The second kappa shape index (κ2) is 12.2. The zero-order valence-electron chi connectivity index (χ0n) is 17.4. The summed E-state index contributed by atoms with van der Waals surface area (Å²) in [6.07, 6.45) is 6.48. The number of amides is 1. The van der Waals surface area contributed by atoms with E-state index in [0.717, 1.165) is 64.4 Å². The number of nitrogens with zero attached hydrogens (tertiary/aromatic N) is 3. The lowest BCUT2D eigenvalue weighted by Crippen LogP contribution is -2.53. The molecule has 3 aliphatic heterocycles. The number of hydrogen-bond donors (Lipinski definition) is 1. The van der Waals surface area contributed by atoms with Crippen LogP contribution in [0.2, 0.25) is 0 Å². The summed E-state index contributed by atoms with van der Waals surface area (Å²) in [7, 11) is 0. The van der Waals surface area contributed by atoms with Crippen molar-refractivity contribution in [2.75, 3.05) is 45.9 Å². The lowest BCUT2D eigenvalue weighted by Gasteiger charge is -2.37. The molecule has 0 aliphatic carbocycles. The second-order valence-corrected chi connectivity index (χ2v) is 7.82. The first-order chi connectivity index (χ1) is 13.2. The average molecular weight is 508 g/mol. The molecule has 3 heterocycles. The molecule has 0 aromatic heterocycles. The summed E-state index contributed by atoms with van der Waals surface area (Å²) in [5.74, 6) is 1.13. The van der Waals surface area contributed by atoms with E-state index in [1.54, 1.807) is 0 Å². The maximum atomic E-state index is 12.5. The quantitative estimate of drug-likeness (QED) is 0.351. The van der Waals surface area contributed by atoms with Gasteiger partial charge in [0.15, 0.2) is 5.96 Å². The summed E-state index contributed by atoms with van der Waals surface area (Å²) < 4.78 is 11.8. The van der Waals surface area contributed by atoms with Gasteiger partial charge in [0.25, 0.3) is 0 Å². The molecule has 1 N–H and O–H groups in total. The minimum atomic E-state index is 0. The van der Waals surface area contributed by atoms with Crippen molar-refractivity contribution in [3.63, 3.8) is 0 Å². The third-order valence-electron chi connectivity index (χ3n) is 5.82. The molecule has 0 saturated carbocycles. The molecular formula is C20H37IN4O3. The molecule has 28 heavy (non-hydrogen) atoms. The van der Waals surface area contributed by atoms with E-state index in [9.17, 15) is 4.79 Å². The molecule has 3 fully saturated rings. The molecular weight excluding hydrogens is 471 g/mol. The standard InChI is InChI=1S/C20H36N4O3.HI/c1-3-21-20(22-10-9-19(25)24-11-5-4-7-16(24)2)23-12-14-27-18(15-23)17-8-6-13-26-17;/h16-18H,3-15H2,1-2H3,(H,21,22);1H. The molecule has 0 bridgehead atoms. The molecule has 3 unspecified atom stereocenters. The maximum Gasteiger partial charge on any atom is 0.224 e. The van der Waals surface area contributed by atoms with E-state index < -0.39 is 0 Å². The Bertz CT molecular complexity index is 514. The number of morpholine rings is 1. The fourth-order valence-corrected chi connectivity index (χ4v) is 4.28. The van der Waals surface area contributed by atoms with Gasteiger partial charge in [0.05, 0.1) is 19.3 Å². The molecule has 3 saturated heterocycles. The molecule has 8 heteroatoms. The van der Waals surface area contributed by atoms with Crippen LogP contribution in [0.15, 0.2) is 4.99 Å². The van der Waals surface area contributed by atoms with Crippen LogP contribution in [0.5, 0.6) is 0 Å². The number of rotatable bonds is 5. The fourth-order valence-electron chi connectivity index (χ4n) is 4.28. The topological polar surface area (TPSA) is 66.4 Å². The van der Waals surface area contributed by atoms with Crippen molar-refractivity contribution in [2.24, 2.45) is 4.99 Å². The number of likely N-dealkylation sites (tertiary alicyclic amines) is 1. The van der Waals surface area contributed by atoms with E-state index >= 15 is 0 Å². The minimum Gasteiger partial charge on any atom is -0.375 e. The summed E-state index contributed by atoms with van der Waals surface area (Å²) in [6.45, 7) is 9.65. The highest BCUT2D eigenvalue weighted by molar-refractivity contribution is 14.0. The van der Waals surface area contributed by atoms with Gasteiger partial charge in [-0.3, -0.25) is 9.79 Å². The average Bonchev–Trinajstić information content (AvgIpc) is 3.22. The predicted octanol–water partition coefficient (Wildman–Crippen LogP) is 2.24. The molecule has 3 aliphatic rings. The Kier molecular flexibility index (Phi) is 10.3. The largest absolute Gasteiger partial charge is 0.375 e. The van der Waals surface area contributed by atoms with Crippen LogP contribution in [0.3, 0.4) is 0 Å². The molecule has 3 rings (SSSR count). The van der Waals surface area contributed by atoms with Gasteiger partial charge in [0.1, 0.15) is 6.10 Å². The number of ether oxygens (including phenoxy) is 2. The zero-order valence-corrected chi connectivity index (χ0v) is 19.7. The van der Waals surface area contributed by atoms with Gasteiger partial charge >= 0.3 is 0 Å².